The second-order valence-corrected chi connectivity index (χ2v) is 5.64. The number of ether oxygens (including phenoxy) is 1. The Hall–Kier alpha value is -1.75. The molecule has 0 saturated heterocycles. The monoisotopic (exact) mass is 287 g/mol. The van der Waals surface area contributed by atoms with E-state index in [1.54, 1.807) is 12.4 Å². The SMILES string of the molecule is CCCOCC1CCC(c2nc(-c3ccncc3)no2)C1. The molecular weight excluding hydrogens is 266 g/mol. The summed E-state index contributed by atoms with van der Waals surface area (Å²) in [5.41, 5.74) is 0.945. The van der Waals surface area contributed by atoms with E-state index in [9.17, 15) is 0 Å². The molecule has 2 aromatic rings. The van der Waals surface area contributed by atoms with E-state index in [4.69, 9.17) is 9.26 Å². The molecule has 0 aromatic carbocycles. The Bertz CT molecular complexity index is 556. The predicted octanol–water partition coefficient (Wildman–Crippen LogP) is 3.44. The zero-order valence-corrected chi connectivity index (χ0v) is 12.4. The Morgan fingerprint density at radius 2 is 2.14 bits per heavy atom. The fourth-order valence-corrected chi connectivity index (χ4v) is 2.86. The molecule has 5 nitrogen and oxygen atoms in total. The lowest BCUT2D eigenvalue weighted by Crippen LogP contribution is -2.06. The third-order valence-electron chi connectivity index (χ3n) is 3.97. The summed E-state index contributed by atoms with van der Waals surface area (Å²) >= 11 is 0. The van der Waals surface area contributed by atoms with Crippen LogP contribution in [0.2, 0.25) is 0 Å². The standard InChI is InChI=1S/C16H21N3O2/c1-2-9-20-11-12-3-4-14(10-12)16-18-15(19-21-16)13-5-7-17-8-6-13/h5-8,12,14H,2-4,9-11H2,1H3. The van der Waals surface area contributed by atoms with E-state index in [0.717, 1.165) is 43.9 Å². The average Bonchev–Trinajstić information content (AvgIpc) is 3.17. The zero-order valence-electron chi connectivity index (χ0n) is 12.4. The Labute approximate surface area is 124 Å². The van der Waals surface area contributed by atoms with Crippen LogP contribution in [0, 0.1) is 5.92 Å². The molecule has 2 atom stereocenters. The van der Waals surface area contributed by atoms with Gasteiger partial charge in [-0.05, 0) is 43.7 Å². The lowest BCUT2D eigenvalue weighted by molar-refractivity contribution is 0.101. The van der Waals surface area contributed by atoms with Gasteiger partial charge in [-0.3, -0.25) is 4.98 Å². The van der Waals surface area contributed by atoms with E-state index >= 15 is 0 Å². The van der Waals surface area contributed by atoms with Crippen LogP contribution in [0.5, 0.6) is 0 Å². The van der Waals surface area contributed by atoms with Crippen LogP contribution >= 0.6 is 0 Å². The highest BCUT2D eigenvalue weighted by Crippen LogP contribution is 2.38. The minimum atomic E-state index is 0.378. The van der Waals surface area contributed by atoms with Crippen molar-refractivity contribution < 1.29 is 9.26 Å². The van der Waals surface area contributed by atoms with Gasteiger partial charge in [0, 0.05) is 37.1 Å². The molecule has 0 amide bonds. The molecule has 2 heterocycles. The first-order chi connectivity index (χ1) is 10.4. The molecule has 112 valence electrons. The summed E-state index contributed by atoms with van der Waals surface area (Å²) in [7, 11) is 0. The molecule has 0 N–H and O–H groups in total. The third-order valence-corrected chi connectivity index (χ3v) is 3.97. The quantitative estimate of drug-likeness (QED) is 0.762. The van der Waals surface area contributed by atoms with Crippen molar-refractivity contribution in [3.8, 4) is 11.4 Å². The fraction of sp³-hybridized carbons (Fsp3) is 0.562. The van der Waals surface area contributed by atoms with Gasteiger partial charge in [0.05, 0.1) is 0 Å². The first-order valence-corrected chi connectivity index (χ1v) is 7.68. The number of hydrogen-bond donors (Lipinski definition) is 0. The van der Waals surface area contributed by atoms with Crippen molar-refractivity contribution in [2.45, 2.75) is 38.5 Å². The first kappa shape index (κ1) is 14.2. The topological polar surface area (TPSA) is 61.0 Å². The van der Waals surface area contributed by atoms with Crippen molar-refractivity contribution in [1.29, 1.82) is 0 Å². The van der Waals surface area contributed by atoms with E-state index in [1.165, 1.54) is 6.42 Å². The van der Waals surface area contributed by atoms with E-state index in [1.807, 2.05) is 12.1 Å². The first-order valence-electron chi connectivity index (χ1n) is 7.68. The summed E-state index contributed by atoms with van der Waals surface area (Å²) in [6.07, 6.45) is 7.93. The maximum Gasteiger partial charge on any atom is 0.230 e. The van der Waals surface area contributed by atoms with Crippen LogP contribution < -0.4 is 0 Å². The third kappa shape index (κ3) is 3.47. The van der Waals surface area contributed by atoms with Crippen molar-refractivity contribution in [3.05, 3.63) is 30.4 Å². The maximum absolute atomic E-state index is 5.65. The van der Waals surface area contributed by atoms with Crippen LogP contribution in [-0.4, -0.2) is 28.3 Å². The smallest absolute Gasteiger partial charge is 0.230 e. The van der Waals surface area contributed by atoms with Crippen LogP contribution in [0.4, 0.5) is 0 Å². The van der Waals surface area contributed by atoms with Crippen molar-refractivity contribution in [2.24, 2.45) is 5.92 Å². The van der Waals surface area contributed by atoms with Gasteiger partial charge < -0.3 is 9.26 Å². The summed E-state index contributed by atoms with van der Waals surface area (Å²) in [5.74, 6) is 2.42. The second-order valence-electron chi connectivity index (χ2n) is 5.64. The molecule has 0 aliphatic heterocycles. The summed E-state index contributed by atoms with van der Waals surface area (Å²) in [6.45, 7) is 3.85. The summed E-state index contributed by atoms with van der Waals surface area (Å²) in [5, 5.41) is 4.09. The number of rotatable bonds is 6. The van der Waals surface area contributed by atoms with Crippen LogP contribution in [0.25, 0.3) is 11.4 Å². The Morgan fingerprint density at radius 3 is 2.95 bits per heavy atom. The number of pyridine rings is 1. The fourth-order valence-electron chi connectivity index (χ4n) is 2.86. The lowest BCUT2D eigenvalue weighted by Gasteiger charge is -2.09. The normalized spacial score (nSPS) is 21.8. The summed E-state index contributed by atoms with van der Waals surface area (Å²) < 4.78 is 11.1. The number of aromatic nitrogens is 3. The van der Waals surface area contributed by atoms with Crippen molar-refractivity contribution in [3.63, 3.8) is 0 Å². The summed E-state index contributed by atoms with van der Waals surface area (Å²) in [4.78, 5) is 8.55. The molecular formula is C16H21N3O2. The van der Waals surface area contributed by atoms with Gasteiger partial charge in [0.25, 0.3) is 0 Å². The Morgan fingerprint density at radius 1 is 1.29 bits per heavy atom. The second kappa shape index (κ2) is 6.80. The predicted molar refractivity (Wildman–Crippen MR) is 78.7 cm³/mol. The summed E-state index contributed by atoms with van der Waals surface area (Å²) in [6, 6.07) is 3.79. The minimum absolute atomic E-state index is 0.378. The molecule has 1 fully saturated rings. The van der Waals surface area contributed by atoms with Crippen LogP contribution in [0.3, 0.4) is 0 Å². The van der Waals surface area contributed by atoms with Crippen LogP contribution in [0.15, 0.2) is 29.0 Å². The molecule has 1 aliphatic carbocycles. The highest BCUT2D eigenvalue weighted by Gasteiger charge is 2.30. The van der Waals surface area contributed by atoms with Gasteiger partial charge in [-0.25, -0.2) is 0 Å². The number of nitrogens with zero attached hydrogens (tertiary/aromatic N) is 3. The highest BCUT2D eigenvalue weighted by molar-refractivity contribution is 5.52. The molecule has 0 bridgehead atoms. The molecule has 5 heteroatoms. The van der Waals surface area contributed by atoms with E-state index in [0.29, 0.717) is 17.7 Å². The minimum Gasteiger partial charge on any atom is -0.381 e. The van der Waals surface area contributed by atoms with Crippen LogP contribution in [-0.2, 0) is 4.74 Å². The molecule has 2 unspecified atom stereocenters. The van der Waals surface area contributed by atoms with Gasteiger partial charge in [-0.15, -0.1) is 0 Å². The van der Waals surface area contributed by atoms with E-state index < -0.39 is 0 Å². The van der Waals surface area contributed by atoms with Crippen molar-refractivity contribution in [2.75, 3.05) is 13.2 Å². The van der Waals surface area contributed by atoms with Gasteiger partial charge >= 0.3 is 0 Å². The lowest BCUT2D eigenvalue weighted by atomic mass is 10.1. The maximum atomic E-state index is 5.65. The zero-order chi connectivity index (χ0) is 14.5. The van der Waals surface area contributed by atoms with Gasteiger partial charge in [0.15, 0.2) is 0 Å². The number of hydrogen-bond acceptors (Lipinski definition) is 5. The van der Waals surface area contributed by atoms with Gasteiger partial charge in [-0.1, -0.05) is 12.1 Å². The van der Waals surface area contributed by atoms with Gasteiger partial charge in [0.2, 0.25) is 11.7 Å². The Balaban J connectivity index is 1.60. The Kier molecular flexibility index (Phi) is 4.60. The molecule has 21 heavy (non-hydrogen) atoms. The van der Waals surface area contributed by atoms with Crippen molar-refractivity contribution in [1.82, 2.24) is 15.1 Å². The van der Waals surface area contributed by atoms with Gasteiger partial charge in [0.1, 0.15) is 0 Å². The largest absolute Gasteiger partial charge is 0.381 e. The average molecular weight is 287 g/mol. The van der Waals surface area contributed by atoms with Crippen molar-refractivity contribution >= 4 is 0 Å². The molecule has 1 aliphatic rings. The van der Waals surface area contributed by atoms with E-state index in [2.05, 4.69) is 22.0 Å². The van der Waals surface area contributed by atoms with E-state index in [-0.39, 0.29) is 0 Å². The molecule has 0 radical (unpaired) electrons. The molecule has 0 spiro atoms. The molecule has 3 rings (SSSR count). The highest BCUT2D eigenvalue weighted by atomic mass is 16.5. The molecule has 2 aromatic heterocycles. The van der Waals surface area contributed by atoms with Crippen LogP contribution in [0.1, 0.15) is 44.4 Å². The molecule has 1 saturated carbocycles. The van der Waals surface area contributed by atoms with Gasteiger partial charge in [-0.2, -0.15) is 4.98 Å².